The van der Waals surface area contributed by atoms with Crippen LogP contribution in [0.4, 0.5) is 0 Å². The van der Waals surface area contributed by atoms with Crippen LogP contribution in [0.5, 0.6) is 0 Å². The summed E-state index contributed by atoms with van der Waals surface area (Å²) in [6.07, 6.45) is 0. The van der Waals surface area contributed by atoms with Gasteiger partial charge in [0.25, 0.3) is 0 Å². The molecule has 0 fully saturated rings. The number of halogens is 3. The smallest absolute Gasteiger partial charge is 1.00 e. The average molecular weight is 361 g/mol. The SMILES string of the molecule is CCO.[Bi+3].[Cl-].[Cl-].[Cl-]. The Morgan fingerprint density at radius 2 is 1.14 bits per heavy atom. The summed E-state index contributed by atoms with van der Waals surface area (Å²) >= 11 is 0. The summed E-state index contributed by atoms with van der Waals surface area (Å²) in [7, 11) is 0. The van der Waals surface area contributed by atoms with Crippen molar-refractivity contribution < 1.29 is 42.3 Å². The van der Waals surface area contributed by atoms with Crippen LogP contribution in [0.25, 0.3) is 0 Å². The molecule has 0 spiro atoms. The molecule has 1 N–H and O–H groups in total. The zero-order valence-electron chi connectivity index (χ0n) is 3.74. The van der Waals surface area contributed by atoms with E-state index in [2.05, 4.69) is 0 Å². The zero-order chi connectivity index (χ0) is 2.71. The number of rotatable bonds is 0. The largest absolute Gasteiger partial charge is 3.00 e. The van der Waals surface area contributed by atoms with Gasteiger partial charge in [0.15, 0.2) is 0 Å². The minimum absolute atomic E-state index is 0. The second-order valence-corrected chi connectivity index (χ2v) is 0.316. The fourth-order valence-electron chi connectivity index (χ4n) is 0. The Morgan fingerprint density at radius 1 is 1.14 bits per heavy atom. The summed E-state index contributed by atoms with van der Waals surface area (Å²) in [5.74, 6) is 0. The van der Waals surface area contributed by atoms with E-state index >= 15 is 0 Å². The number of aliphatic hydroxyl groups is 1. The second-order valence-electron chi connectivity index (χ2n) is 0.316. The molecule has 0 rings (SSSR count). The van der Waals surface area contributed by atoms with Crippen LogP contribution in [0.2, 0.25) is 0 Å². The van der Waals surface area contributed by atoms with Crippen LogP contribution in [-0.4, -0.2) is 37.9 Å². The summed E-state index contributed by atoms with van der Waals surface area (Å²) in [5, 5.41) is 7.57. The van der Waals surface area contributed by atoms with Crippen LogP contribution in [0, 0.1) is 0 Å². The number of hydrogen-bond donors (Lipinski definition) is 1. The van der Waals surface area contributed by atoms with Crippen LogP contribution in [0.3, 0.4) is 0 Å². The van der Waals surface area contributed by atoms with E-state index in [4.69, 9.17) is 5.11 Å². The van der Waals surface area contributed by atoms with E-state index in [1.54, 1.807) is 6.92 Å². The van der Waals surface area contributed by atoms with Gasteiger partial charge in [-0.15, -0.1) is 0 Å². The molecule has 0 bridgehead atoms. The Labute approximate surface area is 81.6 Å². The maximum atomic E-state index is 7.57. The first-order valence-corrected chi connectivity index (χ1v) is 1.02. The minimum atomic E-state index is 0. The van der Waals surface area contributed by atoms with E-state index < -0.39 is 0 Å². The summed E-state index contributed by atoms with van der Waals surface area (Å²) in [6, 6.07) is 0. The maximum Gasteiger partial charge on any atom is 3.00 e. The van der Waals surface area contributed by atoms with Crippen molar-refractivity contribution in [1.29, 1.82) is 0 Å². The van der Waals surface area contributed by atoms with E-state index in [0.717, 1.165) is 0 Å². The van der Waals surface area contributed by atoms with E-state index in [1.165, 1.54) is 0 Å². The third kappa shape index (κ3) is 85.8. The van der Waals surface area contributed by atoms with Crippen molar-refractivity contribution in [3.05, 3.63) is 0 Å². The molecular formula is C2H6BiCl3O. The van der Waals surface area contributed by atoms with Crippen molar-refractivity contribution in [3.8, 4) is 0 Å². The Balaban J connectivity index is -0.00000000333. The Morgan fingerprint density at radius 3 is 1.14 bits per heavy atom. The number of aliphatic hydroxyl groups excluding tert-OH is 1. The molecule has 0 aliphatic rings. The Bertz CT molecular complexity index is 12.9. The van der Waals surface area contributed by atoms with Gasteiger partial charge in [-0.25, -0.2) is 0 Å². The van der Waals surface area contributed by atoms with Crippen LogP contribution in [0.15, 0.2) is 0 Å². The van der Waals surface area contributed by atoms with E-state index in [0.29, 0.717) is 0 Å². The zero-order valence-corrected chi connectivity index (χ0v) is 9.48. The van der Waals surface area contributed by atoms with Crippen molar-refractivity contribution in [2.75, 3.05) is 6.61 Å². The van der Waals surface area contributed by atoms with Crippen LogP contribution in [-0.2, 0) is 0 Å². The molecule has 46 valence electrons. The van der Waals surface area contributed by atoms with Gasteiger partial charge in [0.2, 0.25) is 0 Å². The van der Waals surface area contributed by atoms with Crippen LogP contribution < -0.4 is 37.2 Å². The van der Waals surface area contributed by atoms with E-state index in [9.17, 15) is 0 Å². The van der Waals surface area contributed by atoms with Crippen molar-refractivity contribution in [1.82, 2.24) is 0 Å². The van der Waals surface area contributed by atoms with Crippen molar-refractivity contribution in [2.24, 2.45) is 0 Å². The molecular weight excluding hydrogens is 355 g/mol. The predicted molar refractivity (Wildman–Crippen MR) is 18.5 cm³/mol. The number of hydrogen-bond acceptors (Lipinski definition) is 1. The first-order chi connectivity index (χ1) is 1.41. The van der Waals surface area contributed by atoms with Crippen LogP contribution in [0.1, 0.15) is 6.92 Å². The summed E-state index contributed by atoms with van der Waals surface area (Å²) in [5.41, 5.74) is 0. The molecule has 1 nitrogen and oxygen atoms in total. The summed E-state index contributed by atoms with van der Waals surface area (Å²) in [4.78, 5) is 0. The van der Waals surface area contributed by atoms with Crippen molar-refractivity contribution in [2.45, 2.75) is 6.92 Å². The van der Waals surface area contributed by atoms with Gasteiger partial charge in [-0.05, 0) is 6.92 Å². The molecule has 0 aromatic rings. The van der Waals surface area contributed by atoms with Crippen molar-refractivity contribution in [3.63, 3.8) is 0 Å². The first-order valence-electron chi connectivity index (χ1n) is 1.02. The van der Waals surface area contributed by atoms with Crippen molar-refractivity contribution >= 4 is 26.2 Å². The third-order valence-electron chi connectivity index (χ3n) is 0. The van der Waals surface area contributed by atoms with Crippen LogP contribution >= 0.6 is 0 Å². The molecule has 0 aromatic carbocycles. The molecule has 0 heterocycles. The van der Waals surface area contributed by atoms with Gasteiger partial charge in [-0.3, -0.25) is 0 Å². The van der Waals surface area contributed by atoms with Gasteiger partial charge in [-0.1, -0.05) is 0 Å². The molecule has 5 heteroatoms. The van der Waals surface area contributed by atoms with Gasteiger partial charge >= 0.3 is 26.2 Å². The molecule has 0 aliphatic heterocycles. The first kappa shape index (κ1) is 37.6. The van der Waals surface area contributed by atoms with Gasteiger partial charge in [-0.2, -0.15) is 0 Å². The molecule has 0 amide bonds. The summed E-state index contributed by atoms with van der Waals surface area (Å²) < 4.78 is 0. The van der Waals surface area contributed by atoms with E-state index in [-0.39, 0.29) is 70.0 Å². The average Bonchev–Trinajstić information content (AvgIpc) is 0.918. The predicted octanol–water partition coefficient (Wildman–Crippen LogP) is -9.37. The fourth-order valence-corrected chi connectivity index (χ4v) is 0. The van der Waals surface area contributed by atoms with Gasteiger partial charge in [0.05, 0.1) is 0 Å². The standard InChI is InChI=1S/C2H6O.Bi.3ClH/c1-2-3;;;;/h3H,2H2,1H3;;3*1H/q;+3;;;/p-3. The topological polar surface area (TPSA) is 20.2 Å². The molecule has 0 aromatic heterocycles. The Hall–Kier alpha value is 1.71. The monoisotopic (exact) mass is 360 g/mol. The normalized spacial score (nSPS) is 2.57. The summed E-state index contributed by atoms with van der Waals surface area (Å²) in [6.45, 7) is 1.93. The molecule has 0 saturated carbocycles. The van der Waals surface area contributed by atoms with E-state index in [1.807, 2.05) is 0 Å². The molecule has 2 radical (unpaired) electrons. The molecule has 0 atom stereocenters. The minimum Gasteiger partial charge on any atom is -1.00 e. The quantitative estimate of drug-likeness (QED) is 0.425. The van der Waals surface area contributed by atoms with Gasteiger partial charge < -0.3 is 42.3 Å². The molecule has 0 unspecified atom stereocenters. The molecule has 0 saturated heterocycles. The fraction of sp³-hybridized carbons (Fsp3) is 1.00. The van der Waals surface area contributed by atoms with Gasteiger partial charge in [0, 0.05) is 6.61 Å². The Kier molecular flexibility index (Phi) is 254. The second kappa shape index (κ2) is 47.2. The maximum absolute atomic E-state index is 7.57. The third-order valence-corrected chi connectivity index (χ3v) is 0. The van der Waals surface area contributed by atoms with Gasteiger partial charge in [0.1, 0.15) is 0 Å². The molecule has 7 heavy (non-hydrogen) atoms. The molecule has 0 aliphatic carbocycles.